The first kappa shape index (κ1) is 19.1. The van der Waals surface area contributed by atoms with Crippen LogP contribution in [-0.2, 0) is 11.3 Å². The van der Waals surface area contributed by atoms with Gasteiger partial charge in [0.15, 0.2) is 0 Å². The monoisotopic (exact) mass is 365 g/mol. The summed E-state index contributed by atoms with van der Waals surface area (Å²) in [6, 6.07) is 14.0. The summed E-state index contributed by atoms with van der Waals surface area (Å²) in [5.74, 6) is -0.281. The number of imide groups is 1. The molecule has 1 fully saturated rings. The first-order chi connectivity index (χ1) is 12.9. The highest BCUT2D eigenvalue weighted by atomic mass is 16.2. The van der Waals surface area contributed by atoms with E-state index in [1.54, 1.807) is 0 Å². The largest absolute Gasteiger partial charge is 0.325 e. The van der Waals surface area contributed by atoms with E-state index in [1.165, 1.54) is 11.1 Å². The summed E-state index contributed by atoms with van der Waals surface area (Å²) in [6.07, 6.45) is 2.21. The first-order valence-corrected chi connectivity index (χ1v) is 9.39. The summed E-state index contributed by atoms with van der Waals surface area (Å²) < 4.78 is 0. The molecule has 142 valence electrons. The molecule has 0 atom stereocenters. The molecule has 3 amide bonds. The van der Waals surface area contributed by atoms with Crippen LogP contribution in [0.4, 0.5) is 10.5 Å². The van der Waals surface area contributed by atoms with Crippen molar-refractivity contribution in [1.29, 1.82) is 0 Å². The third-order valence-electron chi connectivity index (χ3n) is 5.02. The molecule has 0 bridgehead atoms. The Morgan fingerprint density at radius 3 is 2.41 bits per heavy atom. The predicted molar refractivity (Wildman–Crippen MR) is 108 cm³/mol. The molecule has 0 aromatic heterocycles. The van der Waals surface area contributed by atoms with Crippen LogP contribution in [0.5, 0.6) is 0 Å². The maximum atomic E-state index is 12.4. The van der Waals surface area contributed by atoms with Crippen LogP contribution < -0.4 is 10.6 Å². The predicted octanol–water partition coefficient (Wildman–Crippen LogP) is 3.92. The van der Waals surface area contributed by atoms with Gasteiger partial charge in [-0.25, -0.2) is 4.79 Å². The van der Waals surface area contributed by atoms with Crippen LogP contribution in [0, 0.1) is 20.8 Å². The number of benzene rings is 2. The molecule has 27 heavy (non-hydrogen) atoms. The molecule has 0 saturated heterocycles. The van der Waals surface area contributed by atoms with Gasteiger partial charge in [-0.05, 0) is 56.4 Å². The van der Waals surface area contributed by atoms with Crippen LogP contribution in [0.2, 0.25) is 0 Å². The minimum Gasteiger partial charge on any atom is -0.307 e. The zero-order valence-electron chi connectivity index (χ0n) is 16.2. The third-order valence-corrected chi connectivity index (χ3v) is 5.02. The minimum atomic E-state index is -0.486. The van der Waals surface area contributed by atoms with Crippen molar-refractivity contribution in [2.24, 2.45) is 0 Å². The van der Waals surface area contributed by atoms with Crippen LogP contribution in [0.15, 0.2) is 42.5 Å². The molecular weight excluding hydrogens is 338 g/mol. The molecule has 0 unspecified atom stereocenters. The minimum absolute atomic E-state index is 0.221. The van der Waals surface area contributed by atoms with E-state index in [2.05, 4.69) is 46.7 Å². The molecule has 1 saturated carbocycles. The van der Waals surface area contributed by atoms with Gasteiger partial charge >= 0.3 is 6.03 Å². The van der Waals surface area contributed by atoms with Gasteiger partial charge in [0.1, 0.15) is 0 Å². The summed E-state index contributed by atoms with van der Waals surface area (Å²) in [4.78, 5) is 26.7. The van der Waals surface area contributed by atoms with Crippen LogP contribution in [0.3, 0.4) is 0 Å². The molecular formula is C22H27N3O2. The fourth-order valence-corrected chi connectivity index (χ4v) is 3.07. The Labute approximate surface area is 160 Å². The van der Waals surface area contributed by atoms with Crippen molar-refractivity contribution in [3.63, 3.8) is 0 Å². The number of aryl methyl sites for hydroxylation is 2. The second-order valence-electron chi connectivity index (χ2n) is 7.37. The van der Waals surface area contributed by atoms with Gasteiger partial charge in [-0.2, -0.15) is 0 Å². The van der Waals surface area contributed by atoms with Gasteiger partial charge in [0.2, 0.25) is 5.91 Å². The lowest BCUT2D eigenvalue weighted by molar-refractivity contribution is -0.121. The lowest BCUT2D eigenvalue weighted by atomic mass is 10.1. The Kier molecular flexibility index (Phi) is 5.91. The molecule has 2 aromatic carbocycles. The van der Waals surface area contributed by atoms with Crippen LogP contribution in [-0.4, -0.2) is 29.4 Å². The van der Waals surface area contributed by atoms with E-state index in [4.69, 9.17) is 0 Å². The Bertz CT molecular complexity index is 826. The molecule has 2 aromatic rings. The normalized spacial score (nSPS) is 13.5. The SMILES string of the molecule is Cc1ccc(CN(CC(=O)NC(=O)Nc2cccc(C)c2C)C2CC2)cc1. The van der Waals surface area contributed by atoms with Crippen molar-refractivity contribution in [2.75, 3.05) is 11.9 Å². The Morgan fingerprint density at radius 2 is 1.74 bits per heavy atom. The fraction of sp³-hybridized carbons (Fsp3) is 0.364. The van der Waals surface area contributed by atoms with Gasteiger partial charge in [0.25, 0.3) is 0 Å². The van der Waals surface area contributed by atoms with Crippen LogP contribution >= 0.6 is 0 Å². The lowest BCUT2D eigenvalue weighted by Gasteiger charge is -2.21. The highest BCUT2D eigenvalue weighted by Gasteiger charge is 2.30. The van der Waals surface area contributed by atoms with Crippen molar-refractivity contribution in [1.82, 2.24) is 10.2 Å². The molecule has 5 nitrogen and oxygen atoms in total. The van der Waals surface area contributed by atoms with Gasteiger partial charge < -0.3 is 5.32 Å². The van der Waals surface area contributed by atoms with Gasteiger partial charge in [-0.1, -0.05) is 42.0 Å². The first-order valence-electron chi connectivity index (χ1n) is 9.39. The highest BCUT2D eigenvalue weighted by molar-refractivity contribution is 6.02. The number of amides is 3. The third kappa shape index (κ3) is 5.41. The summed E-state index contributed by atoms with van der Waals surface area (Å²) in [5.41, 5.74) is 5.22. The molecule has 0 heterocycles. The number of hydrogen-bond donors (Lipinski definition) is 2. The number of nitrogens with zero attached hydrogens (tertiary/aromatic N) is 1. The second-order valence-corrected chi connectivity index (χ2v) is 7.37. The second kappa shape index (κ2) is 8.35. The molecule has 0 spiro atoms. The molecule has 0 radical (unpaired) electrons. The average molecular weight is 365 g/mol. The fourth-order valence-electron chi connectivity index (χ4n) is 3.07. The van der Waals surface area contributed by atoms with Crippen molar-refractivity contribution < 1.29 is 9.59 Å². The number of urea groups is 1. The van der Waals surface area contributed by atoms with Crippen molar-refractivity contribution in [3.8, 4) is 0 Å². The van der Waals surface area contributed by atoms with E-state index >= 15 is 0 Å². The smallest absolute Gasteiger partial charge is 0.307 e. The summed E-state index contributed by atoms with van der Waals surface area (Å²) in [5, 5.41) is 5.22. The highest BCUT2D eigenvalue weighted by Crippen LogP contribution is 2.28. The summed E-state index contributed by atoms with van der Waals surface area (Å²) in [6.45, 7) is 6.94. The van der Waals surface area contributed by atoms with Gasteiger partial charge in [-0.15, -0.1) is 0 Å². The maximum Gasteiger partial charge on any atom is 0.325 e. The van der Waals surface area contributed by atoms with Gasteiger partial charge in [-0.3, -0.25) is 15.0 Å². The van der Waals surface area contributed by atoms with E-state index in [9.17, 15) is 9.59 Å². The van der Waals surface area contributed by atoms with Crippen LogP contribution in [0.1, 0.15) is 35.1 Å². The molecule has 2 N–H and O–H groups in total. The number of rotatable bonds is 6. The average Bonchev–Trinajstić information content (AvgIpc) is 3.45. The van der Waals surface area contributed by atoms with E-state index in [-0.39, 0.29) is 12.5 Å². The maximum absolute atomic E-state index is 12.4. The van der Waals surface area contributed by atoms with E-state index in [0.29, 0.717) is 6.04 Å². The molecule has 0 aliphatic heterocycles. The van der Waals surface area contributed by atoms with Crippen molar-refractivity contribution in [3.05, 3.63) is 64.7 Å². The summed E-state index contributed by atoms with van der Waals surface area (Å²) in [7, 11) is 0. The van der Waals surface area contributed by atoms with Crippen molar-refractivity contribution >= 4 is 17.6 Å². The number of anilines is 1. The number of hydrogen-bond acceptors (Lipinski definition) is 3. The quantitative estimate of drug-likeness (QED) is 0.815. The van der Waals surface area contributed by atoms with Crippen LogP contribution in [0.25, 0.3) is 0 Å². The topological polar surface area (TPSA) is 61.4 Å². The number of carbonyl (C=O) groups excluding carboxylic acids is 2. The van der Waals surface area contributed by atoms with Gasteiger partial charge in [0, 0.05) is 18.3 Å². The van der Waals surface area contributed by atoms with E-state index < -0.39 is 6.03 Å². The molecule has 3 rings (SSSR count). The standard InChI is InChI=1S/C22H27N3O2/c1-15-7-9-18(10-8-15)13-25(19-11-12-19)14-21(26)24-22(27)23-20-6-4-5-16(2)17(20)3/h4-10,19H,11-14H2,1-3H3,(H2,23,24,26,27). The molecule has 1 aliphatic carbocycles. The molecule has 1 aliphatic rings. The Morgan fingerprint density at radius 1 is 1.04 bits per heavy atom. The van der Waals surface area contributed by atoms with E-state index in [1.807, 2.05) is 32.0 Å². The van der Waals surface area contributed by atoms with Crippen molar-refractivity contribution in [2.45, 2.75) is 46.2 Å². The molecule has 5 heteroatoms. The van der Waals surface area contributed by atoms with Gasteiger partial charge in [0.05, 0.1) is 6.54 Å². The zero-order chi connectivity index (χ0) is 19.4. The zero-order valence-corrected chi connectivity index (χ0v) is 16.2. The Hall–Kier alpha value is -2.66. The Balaban J connectivity index is 1.55. The lowest BCUT2D eigenvalue weighted by Crippen LogP contribution is -2.42. The number of carbonyl (C=O) groups is 2. The number of nitrogens with one attached hydrogen (secondary N) is 2. The summed E-state index contributed by atoms with van der Waals surface area (Å²) >= 11 is 0. The van der Waals surface area contributed by atoms with E-state index in [0.717, 1.165) is 36.2 Å².